The van der Waals surface area contributed by atoms with E-state index in [2.05, 4.69) is 5.32 Å². The molecule has 1 heterocycles. The molecule has 27 heavy (non-hydrogen) atoms. The number of anilines is 1. The Labute approximate surface area is 155 Å². The quantitative estimate of drug-likeness (QED) is 0.715. The van der Waals surface area contributed by atoms with Gasteiger partial charge in [-0.05, 0) is 48.0 Å². The number of hydrogen-bond donors (Lipinski definition) is 1. The third kappa shape index (κ3) is 3.55. The highest BCUT2D eigenvalue weighted by Gasteiger charge is 2.21. The van der Waals surface area contributed by atoms with Crippen molar-refractivity contribution in [3.63, 3.8) is 0 Å². The van der Waals surface area contributed by atoms with Crippen molar-refractivity contribution in [2.45, 2.75) is 13.0 Å². The molecule has 6 heteroatoms. The van der Waals surface area contributed by atoms with Crippen LogP contribution >= 0.6 is 0 Å². The van der Waals surface area contributed by atoms with Gasteiger partial charge >= 0.3 is 5.97 Å². The number of hydrogen-bond acceptors (Lipinski definition) is 5. The second kappa shape index (κ2) is 6.99. The minimum Gasteiger partial charge on any atom is -0.454 e. The van der Waals surface area contributed by atoms with E-state index < -0.39 is 18.0 Å². The molecular formula is C21H17NO5. The number of carbonyl (C=O) groups is 2. The van der Waals surface area contributed by atoms with Crippen LogP contribution in [0.4, 0.5) is 5.69 Å². The van der Waals surface area contributed by atoms with Gasteiger partial charge in [-0.2, -0.15) is 0 Å². The maximum absolute atomic E-state index is 12.4. The Morgan fingerprint density at radius 2 is 1.74 bits per heavy atom. The lowest BCUT2D eigenvalue weighted by Crippen LogP contribution is -2.30. The molecule has 3 aromatic rings. The van der Waals surface area contributed by atoms with Crippen molar-refractivity contribution < 1.29 is 23.8 Å². The SMILES string of the molecule is C[C@@H](OC(=O)c1ccc2c(c1)OCO2)C(=O)Nc1ccc2ccccc2c1. The van der Waals surface area contributed by atoms with Crippen molar-refractivity contribution in [3.05, 3.63) is 66.2 Å². The summed E-state index contributed by atoms with van der Waals surface area (Å²) in [4.78, 5) is 24.7. The third-order valence-electron chi connectivity index (χ3n) is 4.28. The van der Waals surface area contributed by atoms with Gasteiger partial charge in [0.05, 0.1) is 5.56 Å². The minimum absolute atomic E-state index is 0.123. The van der Waals surface area contributed by atoms with E-state index in [1.807, 2.05) is 42.5 Å². The summed E-state index contributed by atoms with van der Waals surface area (Å²) in [5.41, 5.74) is 0.939. The van der Waals surface area contributed by atoms with Crippen molar-refractivity contribution in [2.75, 3.05) is 12.1 Å². The fraction of sp³-hybridized carbons (Fsp3) is 0.143. The zero-order chi connectivity index (χ0) is 18.8. The summed E-state index contributed by atoms with van der Waals surface area (Å²) in [6, 6.07) is 18.2. The Kier molecular flexibility index (Phi) is 4.38. The van der Waals surface area contributed by atoms with Crippen molar-refractivity contribution in [1.82, 2.24) is 0 Å². The van der Waals surface area contributed by atoms with Crippen LogP contribution in [0.2, 0.25) is 0 Å². The monoisotopic (exact) mass is 363 g/mol. The fourth-order valence-corrected chi connectivity index (χ4v) is 2.82. The van der Waals surface area contributed by atoms with Crippen molar-refractivity contribution in [2.24, 2.45) is 0 Å². The van der Waals surface area contributed by atoms with Gasteiger partial charge in [0.25, 0.3) is 5.91 Å². The van der Waals surface area contributed by atoms with Gasteiger partial charge in [0.2, 0.25) is 6.79 Å². The Balaban J connectivity index is 1.41. The van der Waals surface area contributed by atoms with E-state index in [-0.39, 0.29) is 6.79 Å². The van der Waals surface area contributed by atoms with Gasteiger partial charge in [-0.15, -0.1) is 0 Å². The van der Waals surface area contributed by atoms with Gasteiger partial charge in [-0.3, -0.25) is 4.79 Å². The predicted octanol–water partition coefficient (Wildman–Crippen LogP) is 3.75. The Morgan fingerprint density at radius 3 is 2.59 bits per heavy atom. The molecule has 4 rings (SSSR count). The lowest BCUT2D eigenvalue weighted by atomic mass is 10.1. The first-order chi connectivity index (χ1) is 13.1. The molecule has 0 saturated heterocycles. The number of fused-ring (bicyclic) bond motifs is 2. The molecule has 0 spiro atoms. The Hall–Kier alpha value is -3.54. The van der Waals surface area contributed by atoms with Crippen LogP contribution in [0.1, 0.15) is 17.3 Å². The summed E-state index contributed by atoms with van der Waals surface area (Å²) in [5, 5.41) is 4.87. The van der Waals surface area contributed by atoms with Gasteiger partial charge in [-0.25, -0.2) is 4.79 Å². The van der Waals surface area contributed by atoms with E-state index in [4.69, 9.17) is 14.2 Å². The number of benzene rings is 3. The van der Waals surface area contributed by atoms with Crippen molar-refractivity contribution in [1.29, 1.82) is 0 Å². The fourth-order valence-electron chi connectivity index (χ4n) is 2.82. The Bertz CT molecular complexity index is 1030. The second-order valence-electron chi connectivity index (χ2n) is 6.17. The van der Waals surface area contributed by atoms with E-state index in [0.29, 0.717) is 22.7 Å². The Morgan fingerprint density at radius 1 is 0.963 bits per heavy atom. The standard InChI is InChI=1S/C21H17NO5/c1-13(27-21(24)16-7-9-18-19(11-16)26-12-25-18)20(23)22-17-8-6-14-4-2-3-5-15(14)10-17/h2-11,13H,12H2,1H3,(H,22,23)/t13-/m1/s1. The molecule has 0 radical (unpaired) electrons. The minimum atomic E-state index is -0.950. The van der Waals surface area contributed by atoms with Crippen molar-refractivity contribution >= 4 is 28.3 Å². The van der Waals surface area contributed by atoms with Crippen LogP contribution in [-0.2, 0) is 9.53 Å². The van der Waals surface area contributed by atoms with Crippen LogP contribution in [0.15, 0.2) is 60.7 Å². The van der Waals surface area contributed by atoms with Gasteiger partial charge in [0.15, 0.2) is 17.6 Å². The van der Waals surface area contributed by atoms with E-state index in [0.717, 1.165) is 10.8 Å². The molecule has 6 nitrogen and oxygen atoms in total. The molecule has 0 unspecified atom stereocenters. The molecule has 1 amide bonds. The number of carbonyl (C=O) groups excluding carboxylic acids is 2. The molecular weight excluding hydrogens is 346 g/mol. The normalized spacial score (nSPS) is 13.2. The molecule has 3 aromatic carbocycles. The number of esters is 1. The van der Waals surface area contributed by atoms with Gasteiger partial charge in [0, 0.05) is 5.69 Å². The lowest BCUT2D eigenvalue weighted by Gasteiger charge is -2.14. The molecule has 1 N–H and O–H groups in total. The van der Waals surface area contributed by atoms with E-state index in [1.165, 1.54) is 6.92 Å². The highest BCUT2D eigenvalue weighted by molar-refractivity contribution is 5.99. The molecule has 0 bridgehead atoms. The summed E-state index contributed by atoms with van der Waals surface area (Å²) in [7, 11) is 0. The topological polar surface area (TPSA) is 73.9 Å². The highest BCUT2D eigenvalue weighted by Crippen LogP contribution is 2.32. The lowest BCUT2D eigenvalue weighted by molar-refractivity contribution is -0.123. The smallest absolute Gasteiger partial charge is 0.339 e. The molecule has 0 aromatic heterocycles. The number of rotatable bonds is 4. The van der Waals surface area contributed by atoms with Gasteiger partial charge in [0.1, 0.15) is 0 Å². The number of amides is 1. The van der Waals surface area contributed by atoms with Crippen LogP contribution < -0.4 is 14.8 Å². The van der Waals surface area contributed by atoms with E-state index >= 15 is 0 Å². The summed E-state index contributed by atoms with van der Waals surface area (Å²) < 4.78 is 15.7. The average Bonchev–Trinajstić information content (AvgIpc) is 3.15. The molecule has 0 aliphatic carbocycles. The van der Waals surface area contributed by atoms with Crippen LogP contribution in [0.25, 0.3) is 10.8 Å². The summed E-state index contributed by atoms with van der Waals surface area (Å²) >= 11 is 0. The van der Waals surface area contributed by atoms with Crippen molar-refractivity contribution in [3.8, 4) is 11.5 Å². The summed E-state index contributed by atoms with van der Waals surface area (Å²) in [6.45, 7) is 1.65. The maximum atomic E-state index is 12.4. The first-order valence-corrected chi connectivity index (χ1v) is 8.50. The van der Waals surface area contributed by atoms with Crippen LogP contribution in [-0.4, -0.2) is 24.8 Å². The van der Waals surface area contributed by atoms with E-state index in [1.54, 1.807) is 18.2 Å². The number of nitrogens with one attached hydrogen (secondary N) is 1. The van der Waals surface area contributed by atoms with Gasteiger partial charge in [-0.1, -0.05) is 30.3 Å². The van der Waals surface area contributed by atoms with Crippen LogP contribution in [0.3, 0.4) is 0 Å². The highest BCUT2D eigenvalue weighted by atomic mass is 16.7. The summed E-state index contributed by atoms with van der Waals surface area (Å²) in [6.07, 6.45) is -0.950. The van der Waals surface area contributed by atoms with Crippen LogP contribution in [0.5, 0.6) is 11.5 Å². The molecule has 1 atom stereocenters. The third-order valence-corrected chi connectivity index (χ3v) is 4.28. The first kappa shape index (κ1) is 16.9. The van der Waals surface area contributed by atoms with Gasteiger partial charge < -0.3 is 19.5 Å². The molecule has 0 fully saturated rings. The molecule has 1 aliphatic heterocycles. The maximum Gasteiger partial charge on any atom is 0.339 e. The predicted molar refractivity (Wildman–Crippen MR) is 100 cm³/mol. The summed E-state index contributed by atoms with van der Waals surface area (Å²) in [5.74, 6) is 0.0557. The van der Waals surface area contributed by atoms with E-state index in [9.17, 15) is 9.59 Å². The number of ether oxygens (including phenoxy) is 3. The zero-order valence-electron chi connectivity index (χ0n) is 14.6. The second-order valence-corrected chi connectivity index (χ2v) is 6.17. The van der Waals surface area contributed by atoms with Crippen LogP contribution in [0, 0.1) is 0 Å². The average molecular weight is 363 g/mol. The molecule has 0 saturated carbocycles. The largest absolute Gasteiger partial charge is 0.454 e. The molecule has 1 aliphatic rings. The first-order valence-electron chi connectivity index (χ1n) is 8.50. The zero-order valence-corrected chi connectivity index (χ0v) is 14.6. The molecule has 136 valence electrons.